The summed E-state index contributed by atoms with van der Waals surface area (Å²) in [5.41, 5.74) is 0.936. The van der Waals surface area contributed by atoms with Gasteiger partial charge in [0.2, 0.25) is 0 Å². The SMILES string of the molecule is COC[C@H](NC(=O)NCc1nccs1)c1ccc(Cl)cc1. The minimum Gasteiger partial charge on any atom is -0.382 e. The molecular formula is C14H16ClN3O2S. The average molecular weight is 326 g/mol. The van der Waals surface area contributed by atoms with E-state index in [1.54, 1.807) is 25.4 Å². The van der Waals surface area contributed by atoms with Gasteiger partial charge < -0.3 is 15.4 Å². The fourth-order valence-corrected chi connectivity index (χ4v) is 2.47. The zero-order chi connectivity index (χ0) is 15.1. The summed E-state index contributed by atoms with van der Waals surface area (Å²) in [4.78, 5) is 16.0. The molecule has 0 aliphatic heterocycles. The molecule has 2 rings (SSSR count). The van der Waals surface area contributed by atoms with Gasteiger partial charge in [0.05, 0.1) is 19.2 Å². The number of benzene rings is 1. The first-order valence-electron chi connectivity index (χ1n) is 6.36. The number of halogens is 1. The predicted molar refractivity (Wildman–Crippen MR) is 83.6 cm³/mol. The fourth-order valence-electron chi connectivity index (χ4n) is 1.79. The Kier molecular flexibility index (Phi) is 5.98. The van der Waals surface area contributed by atoms with Crippen LogP contribution in [0.5, 0.6) is 0 Å². The van der Waals surface area contributed by atoms with Crippen molar-refractivity contribution in [1.29, 1.82) is 0 Å². The maximum Gasteiger partial charge on any atom is 0.315 e. The van der Waals surface area contributed by atoms with Gasteiger partial charge in [-0.1, -0.05) is 23.7 Å². The third-order valence-corrected chi connectivity index (χ3v) is 3.83. The zero-order valence-electron chi connectivity index (χ0n) is 11.5. The Morgan fingerprint density at radius 2 is 2.19 bits per heavy atom. The Bertz CT molecular complexity index is 560. The number of nitrogens with one attached hydrogen (secondary N) is 2. The molecule has 1 atom stereocenters. The van der Waals surface area contributed by atoms with Gasteiger partial charge in [0.1, 0.15) is 5.01 Å². The Morgan fingerprint density at radius 3 is 2.81 bits per heavy atom. The number of urea groups is 1. The molecule has 0 radical (unpaired) electrons. The van der Waals surface area contributed by atoms with Crippen molar-refractivity contribution in [2.24, 2.45) is 0 Å². The normalized spacial score (nSPS) is 11.9. The first-order chi connectivity index (χ1) is 10.2. The number of amides is 2. The molecule has 2 aromatic rings. The van der Waals surface area contributed by atoms with E-state index in [0.29, 0.717) is 18.2 Å². The summed E-state index contributed by atoms with van der Waals surface area (Å²) in [5.74, 6) is 0. The lowest BCUT2D eigenvalue weighted by Crippen LogP contribution is -2.39. The summed E-state index contributed by atoms with van der Waals surface area (Å²) >= 11 is 7.37. The van der Waals surface area contributed by atoms with Crippen LogP contribution in [0.2, 0.25) is 5.02 Å². The summed E-state index contributed by atoms with van der Waals surface area (Å²) in [6, 6.07) is 6.81. The number of rotatable bonds is 6. The van der Waals surface area contributed by atoms with Crippen LogP contribution in [0, 0.1) is 0 Å². The number of aromatic nitrogens is 1. The van der Waals surface area contributed by atoms with Gasteiger partial charge in [-0.15, -0.1) is 11.3 Å². The van der Waals surface area contributed by atoms with E-state index < -0.39 is 0 Å². The monoisotopic (exact) mass is 325 g/mol. The molecule has 2 N–H and O–H groups in total. The molecule has 0 aliphatic rings. The molecule has 1 heterocycles. The van der Waals surface area contributed by atoms with Gasteiger partial charge in [0.15, 0.2) is 0 Å². The largest absolute Gasteiger partial charge is 0.382 e. The molecule has 0 bridgehead atoms. The lowest BCUT2D eigenvalue weighted by Gasteiger charge is -2.18. The quantitative estimate of drug-likeness (QED) is 0.858. The van der Waals surface area contributed by atoms with Gasteiger partial charge in [-0.3, -0.25) is 0 Å². The standard InChI is InChI=1S/C14H16ClN3O2S/c1-20-9-12(10-2-4-11(15)5-3-10)18-14(19)17-8-13-16-6-7-21-13/h2-7,12H,8-9H2,1H3,(H2,17,18,19)/t12-/m0/s1. The number of carbonyl (C=O) groups is 1. The molecule has 0 fully saturated rings. The fraction of sp³-hybridized carbons (Fsp3) is 0.286. The van der Waals surface area contributed by atoms with Crippen LogP contribution in [-0.4, -0.2) is 24.7 Å². The lowest BCUT2D eigenvalue weighted by atomic mass is 10.1. The maximum absolute atomic E-state index is 11.9. The molecule has 112 valence electrons. The number of ether oxygens (including phenoxy) is 1. The summed E-state index contributed by atoms with van der Waals surface area (Å²) < 4.78 is 5.15. The van der Waals surface area contributed by atoms with Crippen molar-refractivity contribution < 1.29 is 9.53 Å². The predicted octanol–water partition coefficient (Wildman–Crippen LogP) is 2.98. The average Bonchev–Trinajstić information content (AvgIpc) is 2.99. The van der Waals surface area contributed by atoms with E-state index in [1.807, 2.05) is 17.5 Å². The van der Waals surface area contributed by atoms with Crippen LogP contribution in [-0.2, 0) is 11.3 Å². The van der Waals surface area contributed by atoms with E-state index in [2.05, 4.69) is 15.6 Å². The second-order valence-corrected chi connectivity index (χ2v) is 5.73. The summed E-state index contributed by atoms with van der Waals surface area (Å²) in [6.07, 6.45) is 1.71. The summed E-state index contributed by atoms with van der Waals surface area (Å²) in [6.45, 7) is 0.788. The second-order valence-electron chi connectivity index (χ2n) is 4.31. The lowest BCUT2D eigenvalue weighted by molar-refractivity contribution is 0.166. The van der Waals surface area contributed by atoms with Gasteiger partial charge >= 0.3 is 6.03 Å². The third kappa shape index (κ3) is 5.00. The van der Waals surface area contributed by atoms with Crippen molar-refractivity contribution in [2.45, 2.75) is 12.6 Å². The Balaban J connectivity index is 1.92. The van der Waals surface area contributed by atoms with Crippen LogP contribution in [0.25, 0.3) is 0 Å². The molecule has 1 aromatic heterocycles. The Labute approximate surface area is 132 Å². The zero-order valence-corrected chi connectivity index (χ0v) is 13.1. The molecule has 5 nitrogen and oxygen atoms in total. The number of thiazole rings is 1. The van der Waals surface area contributed by atoms with Crippen molar-refractivity contribution in [3.8, 4) is 0 Å². The molecular weight excluding hydrogens is 310 g/mol. The molecule has 1 aromatic carbocycles. The van der Waals surface area contributed by atoms with Crippen LogP contribution in [0.1, 0.15) is 16.6 Å². The highest BCUT2D eigenvalue weighted by molar-refractivity contribution is 7.09. The van der Waals surface area contributed by atoms with Crippen molar-refractivity contribution in [3.05, 3.63) is 51.4 Å². The van der Waals surface area contributed by atoms with Crippen LogP contribution >= 0.6 is 22.9 Å². The molecule has 0 saturated carbocycles. The highest BCUT2D eigenvalue weighted by atomic mass is 35.5. The highest BCUT2D eigenvalue weighted by Crippen LogP contribution is 2.16. The number of hydrogen-bond acceptors (Lipinski definition) is 4. The molecule has 0 unspecified atom stereocenters. The van der Waals surface area contributed by atoms with Gasteiger partial charge in [0.25, 0.3) is 0 Å². The van der Waals surface area contributed by atoms with E-state index in [-0.39, 0.29) is 12.1 Å². The third-order valence-electron chi connectivity index (χ3n) is 2.79. The van der Waals surface area contributed by atoms with E-state index in [1.165, 1.54) is 11.3 Å². The molecule has 21 heavy (non-hydrogen) atoms. The Morgan fingerprint density at radius 1 is 1.43 bits per heavy atom. The topological polar surface area (TPSA) is 63.2 Å². The minimum atomic E-state index is -0.262. The van der Waals surface area contributed by atoms with Crippen LogP contribution < -0.4 is 10.6 Å². The number of methoxy groups -OCH3 is 1. The molecule has 2 amide bonds. The number of hydrogen-bond donors (Lipinski definition) is 2. The summed E-state index contributed by atoms with van der Waals surface area (Å²) in [5, 5.41) is 9.03. The number of carbonyl (C=O) groups excluding carboxylic acids is 1. The van der Waals surface area contributed by atoms with Gasteiger partial charge in [-0.05, 0) is 17.7 Å². The van der Waals surface area contributed by atoms with Crippen LogP contribution in [0.4, 0.5) is 4.79 Å². The molecule has 0 saturated heterocycles. The van der Waals surface area contributed by atoms with E-state index in [9.17, 15) is 4.79 Å². The van der Waals surface area contributed by atoms with E-state index in [0.717, 1.165) is 10.6 Å². The van der Waals surface area contributed by atoms with Crippen molar-refractivity contribution in [2.75, 3.05) is 13.7 Å². The second kappa shape index (κ2) is 7.97. The van der Waals surface area contributed by atoms with E-state index in [4.69, 9.17) is 16.3 Å². The highest BCUT2D eigenvalue weighted by Gasteiger charge is 2.14. The minimum absolute atomic E-state index is 0.233. The van der Waals surface area contributed by atoms with Crippen LogP contribution in [0.15, 0.2) is 35.8 Å². The Hall–Kier alpha value is -1.63. The van der Waals surface area contributed by atoms with Gasteiger partial charge in [-0.2, -0.15) is 0 Å². The van der Waals surface area contributed by atoms with Gasteiger partial charge in [-0.25, -0.2) is 9.78 Å². The molecule has 0 aliphatic carbocycles. The number of nitrogens with zero attached hydrogens (tertiary/aromatic N) is 1. The summed E-state index contributed by atoms with van der Waals surface area (Å²) in [7, 11) is 1.60. The maximum atomic E-state index is 11.9. The van der Waals surface area contributed by atoms with E-state index >= 15 is 0 Å². The first-order valence-corrected chi connectivity index (χ1v) is 7.62. The smallest absolute Gasteiger partial charge is 0.315 e. The van der Waals surface area contributed by atoms with Gasteiger partial charge in [0, 0.05) is 23.7 Å². The van der Waals surface area contributed by atoms with Crippen LogP contribution in [0.3, 0.4) is 0 Å². The molecule has 0 spiro atoms. The molecule has 7 heteroatoms. The van der Waals surface area contributed by atoms with Crippen molar-refractivity contribution >= 4 is 29.0 Å². The van der Waals surface area contributed by atoms with Crippen molar-refractivity contribution in [1.82, 2.24) is 15.6 Å². The van der Waals surface area contributed by atoms with Crippen molar-refractivity contribution in [3.63, 3.8) is 0 Å². The first kappa shape index (κ1) is 15.8.